The van der Waals surface area contributed by atoms with Gasteiger partial charge in [0.2, 0.25) is 5.43 Å². The van der Waals surface area contributed by atoms with Gasteiger partial charge in [-0.15, -0.1) is 0 Å². The minimum absolute atomic E-state index is 0.101. The maximum absolute atomic E-state index is 11.8. The molecule has 0 aliphatic carbocycles. The molecule has 2 heterocycles. The first-order valence-electron chi connectivity index (χ1n) is 4.84. The number of fused-ring (bicyclic) bond motifs is 1. The van der Waals surface area contributed by atoms with E-state index in [2.05, 4.69) is 10.1 Å². The number of aromatic carboxylic acids is 1. The normalized spacial score (nSPS) is 11.2. The lowest BCUT2D eigenvalue weighted by Crippen LogP contribution is -2.15. The van der Waals surface area contributed by atoms with Crippen molar-refractivity contribution in [2.45, 2.75) is 19.9 Å². The average Bonchev–Trinajstić information content (AvgIpc) is 2.61. The van der Waals surface area contributed by atoms with Crippen LogP contribution >= 0.6 is 0 Å². The third-order valence-electron chi connectivity index (χ3n) is 2.36. The number of nitrogens with one attached hydrogen (secondary N) is 1. The Labute approximate surface area is 90.5 Å². The van der Waals surface area contributed by atoms with Crippen LogP contribution in [0.2, 0.25) is 0 Å². The van der Waals surface area contributed by atoms with Crippen LogP contribution in [0.5, 0.6) is 0 Å². The van der Waals surface area contributed by atoms with Crippen LogP contribution in [-0.2, 0) is 0 Å². The largest absolute Gasteiger partial charge is 0.477 e. The maximum atomic E-state index is 11.8. The molecule has 0 saturated carbocycles. The molecule has 2 N–H and O–H groups in total. The Morgan fingerprint density at radius 3 is 2.81 bits per heavy atom. The fourth-order valence-corrected chi connectivity index (χ4v) is 1.57. The molecule has 2 aromatic rings. The van der Waals surface area contributed by atoms with Gasteiger partial charge < -0.3 is 10.1 Å². The van der Waals surface area contributed by atoms with Crippen molar-refractivity contribution < 1.29 is 9.90 Å². The molecule has 0 amide bonds. The Morgan fingerprint density at radius 1 is 1.56 bits per heavy atom. The van der Waals surface area contributed by atoms with Gasteiger partial charge in [-0.25, -0.2) is 9.48 Å². The first-order chi connectivity index (χ1) is 7.52. The molecule has 2 aromatic heterocycles. The van der Waals surface area contributed by atoms with Crippen molar-refractivity contribution in [3.63, 3.8) is 0 Å². The van der Waals surface area contributed by atoms with Gasteiger partial charge in [0.05, 0.1) is 11.6 Å². The van der Waals surface area contributed by atoms with Crippen LogP contribution in [0.3, 0.4) is 0 Å². The fourth-order valence-electron chi connectivity index (χ4n) is 1.57. The smallest absolute Gasteiger partial charge is 0.341 e. The second kappa shape index (κ2) is 3.48. The number of hydrogen-bond acceptors (Lipinski definition) is 3. The molecular weight excluding hydrogens is 210 g/mol. The molecular formula is C10H11N3O3. The number of aromatic nitrogens is 3. The van der Waals surface area contributed by atoms with E-state index in [0.29, 0.717) is 11.0 Å². The van der Waals surface area contributed by atoms with E-state index in [0.717, 1.165) is 0 Å². The second-order valence-corrected chi connectivity index (χ2v) is 3.78. The van der Waals surface area contributed by atoms with Crippen molar-refractivity contribution in [2.24, 2.45) is 0 Å². The summed E-state index contributed by atoms with van der Waals surface area (Å²) < 4.78 is 1.64. The molecule has 0 spiro atoms. The summed E-state index contributed by atoms with van der Waals surface area (Å²) in [7, 11) is 0. The highest BCUT2D eigenvalue weighted by molar-refractivity contribution is 5.91. The van der Waals surface area contributed by atoms with Crippen molar-refractivity contribution >= 4 is 17.0 Å². The number of carboxylic acids is 1. The Kier molecular flexibility index (Phi) is 2.26. The number of carboxylic acid groups (broad SMARTS) is 1. The summed E-state index contributed by atoms with van der Waals surface area (Å²) in [5.74, 6) is -1.24. The van der Waals surface area contributed by atoms with E-state index in [-0.39, 0.29) is 11.6 Å². The zero-order valence-corrected chi connectivity index (χ0v) is 8.89. The third kappa shape index (κ3) is 1.39. The van der Waals surface area contributed by atoms with Crippen LogP contribution in [0.4, 0.5) is 0 Å². The number of aromatic amines is 1. The van der Waals surface area contributed by atoms with Crippen LogP contribution in [0.25, 0.3) is 11.0 Å². The highest BCUT2D eigenvalue weighted by Crippen LogP contribution is 2.12. The van der Waals surface area contributed by atoms with E-state index in [9.17, 15) is 9.59 Å². The van der Waals surface area contributed by atoms with Gasteiger partial charge in [-0.1, -0.05) is 0 Å². The van der Waals surface area contributed by atoms with Gasteiger partial charge >= 0.3 is 5.97 Å². The van der Waals surface area contributed by atoms with E-state index in [4.69, 9.17) is 5.11 Å². The lowest BCUT2D eigenvalue weighted by Gasteiger charge is -2.06. The molecule has 0 unspecified atom stereocenters. The van der Waals surface area contributed by atoms with Gasteiger partial charge in [0.15, 0.2) is 0 Å². The van der Waals surface area contributed by atoms with Crippen molar-refractivity contribution in [1.82, 2.24) is 14.8 Å². The first-order valence-corrected chi connectivity index (χ1v) is 4.84. The van der Waals surface area contributed by atoms with E-state index in [1.165, 1.54) is 12.4 Å². The van der Waals surface area contributed by atoms with Gasteiger partial charge in [0, 0.05) is 12.2 Å². The van der Waals surface area contributed by atoms with E-state index in [1.54, 1.807) is 4.68 Å². The molecule has 2 rings (SSSR count). The summed E-state index contributed by atoms with van der Waals surface area (Å²) in [6, 6.07) is 0.101. The van der Waals surface area contributed by atoms with E-state index in [1.807, 2.05) is 13.8 Å². The summed E-state index contributed by atoms with van der Waals surface area (Å²) in [6.07, 6.45) is 2.59. The Morgan fingerprint density at radius 2 is 2.25 bits per heavy atom. The molecule has 6 heteroatoms. The minimum Gasteiger partial charge on any atom is -0.477 e. The van der Waals surface area contributed by atoms with Crippen molar-refractivity contribution in [2.75, 3.05) is 0 Å². The predicted octanol–water partition coefficient (Wildman–Crippen LogP) is 1.00. The summed E-state index contributed by atoms with van der Waals surface area (Å²) >= 11 is 0. The molecule has 0 aliphatic heterocycles. The summed E-state index contributed by atoms with van der Waals surface area (Å²) in [5.41, 5.74) is -0.228. The van der Waals surface area contributed by atoms with Gasteiger partial charge in [-0.3, -0.25) is 4.79 Å². The van der Waals surface area contributed by atoms with Crippen molar-refractivity contribution in [3.8, 4) is 0 Å². The standard InChI is InChI=1S/C10H11N3O3/c1-5(2)13-9-6(4-12-13)8(14)7(3-11-9)10(15)16/h3-5H,1-2H3,(H,11,14)(H,15,16). The van der Waals surface area contributed by atoms with Crippen LogP contribution in [0.15, 0.2) is 17.2 Å². The van der Waals surface area contributed by atoms with Crippen LogP contribution in [0.1, 0.15) is 30.2 Å². The Balaban J connectivity index is 2.79. The zero-order chi connectivity index (χ0) is 11.9. The maximum Gasteiger partial charge on any atom is 0.341 e. The molecule has 0 aromatic carbocycles. The lowest BCUT2D eigenvalue weighted by atomic mass is 10.2. The summed E-state index contributed by atoms with van der Waals surface area (Å²) in [6.45, 7) is 3.85. The zero-order valence-electron chi connectivity index (χ0n) is 8.89. The van der Waals surface area contributed by atoms with Crippen molar-refractivity contribution in [1.29, 1.82) is 0 Å². The first kappa shape index (κ1) is 10.4. The van der Waals surface area contributed by atoms with Crippen molar-refractivity contribution in [3.05, 3.63) is 28.2 Å². The number of rotatable bonds is 2. The van der Waals surface area contributed by atoms with Gasteiger partial charge in [0.1, 0.15) is 11.2 Å². The SMILES string of the molecule is CC(C)n1ncc2c(=O)c(C(=O)O)c[nH]c21. The molecule has 0 radical (unpaired) electrons. The average molecular weight is 221 g/mol. The van der Waals surface area contributed by atoms with Crippen LogP contribution < -0.4 is 5.43 Å². The third-order valence-corrected chi connectivity index (χ3v) is 2.36. The number of nitrogens with zero attached hydrogens (tertiary/aromatic N) is 2. The van der Waals surface area contributed by atoms with Gasteiger partial charge in [0.25, 0.3) is 0 Å². The fraction of sp³-hybridized carbons (Fsp3) is 0.300. The predicted molar refractivity (Wildman–Crippen MR) is 57.7 cm³/mol. The lowest BCUT2D eigenvalue weighted by molar-refractivity contribution is 0.0695. The summed E-state index contributed by atoms with van der Waals surface area (Å²) in [5, 5.41) is 13.1. The van der Waals surface area contributed by atoms with Crippen LogP contribution in [-0.4, -0.2) is 25.8 Å². The second-order valence-electron chi connectivity index (χ2n) is 3.78. The molecule has 0 bridgehead atoms. The number of H-pyrrole nitrogens is 1. The summed E-state index contributed by atoms with van der Waals surface area (Å²) in [4.78, 5) is 25.3. The molecule has 0 fully saturated rings. The van der Waals surface area contributed by atoms with E-state index >= 15 is 0 Å². The topological polar surface area (TPSA) is 88.0 Å². The Bertz CT molecular complexity index is 609. The van der Waals surface area contributed by atoms with Gasteiger partial charge in [-0.05, 0) is 13.8 Å². The Hall–Kier alpha value is -2.11. The molecule has 6 nitrogen and oxygen atoms in total. The highest BCUT2D eigenvalue weighted by atomic mass is 16.4. The molecule has 84 valence electrons. The highest BCUT2D eigenvalue weighted by Gasteiger charge is 2.15. The number of carbonyl (C=O) groups is 1. The monoisotopic (exact) mass is 221 g/mol. The molecule has 0 saturated heterocycles. The molecule has 16 heavy (non-hydrogen) atoms. The van der Waals surface area contributed by atoms with E-state index < -0.39 is 11.4 Å². The molecule has 0 atom stereocenters. The van der Waals surface area contributed by atoms with Gasteiger partial charge in [-0.2, -0.15) is 5.10 Å². The number of pyridine rings is 1. The minimum atomic E-state index is -1.24. The quantitative estimate of drug-likeness (QED) is 0.791. The number of hydrogen-bond donors (Lipinski definition) is 2. The van der Waals surface area contributed by atoms with Crippen LogP contribution in [0, 0.1) is 0 Å². The molecule has 0 aliphatic rings.